The van der Waals surface area contributed by atoms with Crippen molar-refractivity contribution in [2.75, 3.05) is 20.6 Å². The second kappa shape index (κ2) is 11.8. The van der Waals surface area contributed by atoms with E-state index in [1.54, 1.807) is 24.3 Å². The smallest absolute Gasteiger partial charge is 0.253 e. The van der Waals surface area contributed by atoms with Crippen LogP contribution in [-0.4, -0.2) is 37.4 Å². The summed E-state index contributed by atoms with van der Waals surface area (Å²) in [5.74, 6) is -0.508. The van der Waals surface area contributed by atoms with E-state index in [-0.39, 0.29) is 24.3 Å². The van der Waals surface area contributed by atoms with Crippen molar-refractivity contribution in [1.82, 2.24) is 15.5 Å². The molecule has 172 valence electrons. The zero-order valence-corrected chi connectivity index (χ0v) is 20.1. The van der Waals surface area contributed by atoms with Crippen LogP contribution in [0.1, 0.15) is 40.0 Å². The van der Waals surface area contributed by atoms with Gasteiger partial charge in [0.25, 0.3) is 5.91 Å². The highest BCUT2D eigenvalue weighted by molar-refractivity contribution is 6.33. The van der Waals surface area contributed by atoms with Crippen molar-refractivity contribution in [2.45, 2.75) is 18.5 Å². The van der Waals surface area contributed by atoms with E-state index in [4.69, 9.17) is 23.2 Å². The van der Waals surface area contributed by atoms with Crippen LogP contribution >= 0.6 is 23.2 Å². The predicted molar refractivity (Wildman–Crippen MR) is 134 cm³/mol. The first kappa shape index (κ1) is 24.8. The van der Waals surface area contributed by atoms with Crippen LogP contribution in [0.4, 0.5) is 0 Å². The maximum atomic E-state index is 12.9. The third-order valence-corrected chi connectivity index (χ3v) is 6.07. The molecular formula is C26H27Cl2N3O2. The highest BCUT2D eigenvalue weighted by atomic mass is 35.5. The number of amides is 2. The fourth-order valence-corrected chi connectivity index (χ4v) is 4.09. The van der Waals surface area contributed by atoms with Crippen molar-refractivity contribution < 1.29 is 9.59 Å². The number of nitrogens with one attached hydrogen (secondary N) is 2. The predicted octanol–water partition coefficient (Wildman–Crippen LogP) is 5.27. The van der Waals surface area contributed by atoms with Crippen molar-refractivity contribution in [3.63, 3.8) is 0 Å². The first-order valence-electron chi connectivity index (χ1n) is 10.6. The number of hydrogen-bond acceptors (Lipinski definition) is 3. The van der Waals surface area contributed by atoms with Crippen LogP contribution in [-0.2, 0) is 4.79 Å². The number of carbonyl (C=O) groups is 2. The molecule has 5 nitrogen and oxygen atoms in total. The third-order valence-electron chi connectivity index (χ3n) is 5.40. The molecule has 3 aromatic carbocycles. The first-order valence-corrected chi connectivity index (χ1v) is 11.4. The molecule has 0 fully saturated rings. The van der Waals surface area contributed by atoms with Crippen molar-refractivity contribution in [2.24, 2.45) is 0 Å². The molecule has 33 heavy (non-hydrogen) atoms. The summed E-state index contributed by atoms with van der Waals surface area (Å²) in [4.78, 5) is 27.8. The largest absolute Gasteiger partial charge is 0.354 e. The Morgan fingerprint density at radius 3 is 2.09 bits per heavy atom. The summed E-state index contributed by atoms with van der Waals surface area (Å²) in [5, 5.41) is 6.97. The number of likely N-dealkylation sites (N-methyl/N-ethyl adjacent to an activating group) is 1. The van der Waals surface area contributed by atoms with Gasteiger partial charge in [-0.05, 0) is 43.4 Å². The Kier molecular flexibility index (Phi) is 8.89. The Balaban J connectivity index is 1.72. The second-order valence-electron chi connectivity index (χ2n) is 7.93. The first-order chi connectivity index (χ1) is 15.9. The highest BCUT2D eigenvalue weighted by Gasteiger charge is 2.22. The van der Waals surface area contributed by atoms with E-state index in [9.17, 15) is 9.59 Å². The minimum Gasteiger partial charge on any atom is -0.354 e. The molecule has 2 N–H and O–H groups in total. The number of carbonyl (C=O) groups excluding carboxylic acids is 2. The molecule has 0 bridgehead atoms. The van der Waals surface area contributed by atoms with Crippen LogP contribution in [0.3, 0.4) is 0 Å². The van der Waals surface area contributed by atoms with E-state index in [0.717, 1.165) is 11.1 Å². The van der Waals surface area contributed by atoms with Gasteiger partial charge in [0.1, 0.15) is 0 Å². The van der Waals surface area contributed by atoms with Gasteiger partial charge in [0.15, 0.2) is 0 Å². The van der Waals surface area contributed by atoms with Crippen molar-refractivity contribution in [1.29, 1.82) is 0 Å². The topological polar surface area (TPSA) is 61.4 Å². The summed E-state index contributed by atoms with van der Waals surface area (Å²) in [6, 6.07) is 23.3. The van der Waals surface area contributed by atoms with Gasteiger partial charge in [0.05, 0.1) is 29.1 Å². The maximum absolute atomic E-state index is 12.9. The molecule has 2 atom stereocenters. The number of hydrogen-bond donors (Lipinski definition) is 2. The Hall–Kier alpha value is -2.86. The Bertz CT molecular complexity index is 1090. The van der Waals surface area contributed by atoms with Crippen LogP contribution in [0.5, 0.6) is 0 Å². The average Bonchev–Trinajstić information content (AvgIpc) is 2.80. The zero-order valence-electron chi connectivity index (χ0n) is 18.6. The van der Waals surface area contributed by atoms with Crippen LogP contribution in [0.15, 0.2) is 78.9 Å². The van der Waals surface area contributed by atoms with Crippen LogP contribution < -0.4 is 10.6 Å². The third kappa shape index (κ3) is 6.81. The lowest BCUT2D eigenvalue weighted by Gasteiger charge is -2.26. The molecule has 2 amide bonds. The normalized spacial score (nSPS) is 12.8. The van der Waals surface area contributed by atoms with Crippen LogP contribution in [0, 0.1) is 0 Å². The lowest BCUT2D eigenvalue weighted by molar-refractivity contribution is -0.121. The quantitative estimate of drug-likeness (QED) is 0.435. The number of rotatable bonds is 9. The van der Waals surface area contributed by atoms with Gasteiger partial charge >= 0.3 is 0 Å². The zero-order chi connectivity index (χ0) is 23.8. The monoisotopic (exact) mass is 483 g/mol. The summed E-state index contributed by atoms with van der Waals surface area (Å²) in [5.41, 5.74) is 2.14. The molecular weight excluding hydrogens is 457 g/mol. The van der Waals surface area contributed by atoms with Gasteiger partial charge in [-0.15, -0.1) is 0 Å². The van der Waals surface area contributed by atoms with Crippen molar-refractivity contribution in [3.8, 4) is 0 Å². The van der Waals surface area contributed by atoms with Gasteiger partial charge in [0.2, 0.25) is 5.91 Å². The van der Waals surface area contributed by atoms with E-state index < -0.39 is 6.04 Å². The summed E-state index contributed by atoms with van der Waals surface area (Å²) in [6.07, 6.45) is 0.0862. The second-order valence-corrected chi connectivity index (χ2v) is 8.74. The molecule has 0 aromatic heterocycles. The van der Waals surface area contributed by atoms with E-state index in [0.29, 0.717) is 22.2 Å². The van der Waals surface area contributed by atoms with Gasteiger partial charge in [-0.25, -0.2) is 0 Å². The molecule has 0 aliphatic carbocycles. The molecule has 3 aromatic rings. The van der Waals surface area contributed by atoms with E-state index in [1.807, 2.05) is 73.6 Å². The molecule has 2 unspecified atom stereocenters. The van der Waals surface area contributed by atoms with Gasteiger partial charge < -0.3 is 15.5 Å². The molecule has 0 spiro atoms. The van der Waals surface area contributed by atoms with Gasteiger partial charge in [0, 0.05) is 11.6 Å². The lowest BCUT2D eigenvalue weighted by Crippen LogP contribution is -2.37. The molecule has 0 heterocycles. The Labute approximate surface area is 204 Å². The standard InChI is InChI=1S/C26H27Cl2N3O2/c1-31(2)24(19-12-6-8-14-21(19)27)17-29-25(32)16-23(18-10-4-3-5-11-18)30-26(33)20-13-7-9-15-22(20)28/h3-15,23-24H,16-17H2,1-2H3,(H,29,32)(H,30,33). The van der Waals surface area contributed by atoms with Crippen LogP contribution in [0.25, 0.3) is 0 Å². The van der Waals surface area contributed by atoms with Gasteiger partial charge in [-0.3, -0.25) is 9.59 Å². The minimum absolute atomic E-state index is 0.0862. The number of nitrogens with zero attached hydrogens (tertiary/aromatic N) is 1. The Morgan fingerprint density at radius 1 is 0.848 bits per heavy atom. The number of halogens is 2. The molecule has 0 radical (unpaired) electrons. The van der Waals surface area contributed by atoms with E-state index in [2.05, 4.69) is 10.6 Å². The molecule has 0 aliphatic heterocycles. The summed E-state index contributed by atoms with van der Waals surface area (Å²) in [7, 11) is 3.88. The molecule has 3 rings (SSSR count). The summed E-state index contributed by atoms with van der Waals surface area (Å²) >= 11 is 12.6. The molecule has 0 saturated heterocycles. The van der Waals surface area contributed by atoms with Crippen LogP contribution in [0.2, 0.25) is 10.0 Å². The Morgan fingerprint density at radius 2 is 1.45 bits per heavy atom. The fraction of sp³-hybridized carbons (Fsp3) is 0.231. The summed E-state index contributed by atoms with van der Waals surface area (Å²) < 4.78 is 0. The SMILES string of the molecule is CN(C)C(CNC(=O)CC(NC(=O)c1ccccc1Cl)c1ccccc1)c1ccccc1Cl. The lowest BCUT2D eigenvalue weighted by atomic mass is 10.0. The van der Waals surface area contributed by atoms with Crippen molar-refractivity contribution in [3.05, 3.63) is 106 Å². The molecule has 0 saturated carbocycles. The van der Waals surface area contributed by atoms with E-state index in [1.165, 1.54) is 0 Å². The van der Waals surface area contributed by atoms with E-state index >= 15 is 0 Å². The van der Waals surface area contributed by atoms with Crippen molar-refractivity contribution >= 4 is 35.0 Å². The molecule has 7 heteroatoms. The maximum Gasteiger partial charge on any atom is 0.253 e. The molecule has 0 aliphatic rings. The van der Waals surface area contributed by atoms with Gasteiger partial charge in [-0.2, -0.15) is 0 Å². The number of benzene rings is 3. The highest BCUT2D eigenvalue weighted by Crippen LogP contribution is 2.26. The average molecular weight is 484 g/mol. The fourth-order valence-electron chi connectivity index (χ4n) is 3.60. The minimum atomic E-state index is -0.506. The summed E-state index contributed by atoms with van der Waals surface area (Å²) in [6.45, 7) is 0.384. The van der Waals surface area contributed by atoms with Gasteiger partial charge in [-0.1, -0.05) is 83.9 Å².